The number of allylic oxidation sites excluding steroid dienone is 4. The summed E-state index contributed by atoms with van der Waals surface area (Å²) in [5.41, 5.74) is 7.64. The van der Waals surface area contributed by atoms with Gasteiger partial charge < -0.3 is 9.13 Å². The summed E-state index contributed by atoms with van der Waals surface area (Å²) in [6, 6.07) is 34.9. The second kappa shape index (κ2) is 12.2. The van der Waals surface area contributed by atoms with E-state index in [0.717, 1.165) is 13.0 Å². The molecule has 2 nitrogen and oxygen atoms in total. The molecule has 2 heterocycles. The van der Waals surface area contributed by atoms with Crippen molar-refractivity contribution in [3.63, 3.8) is 0 Å². The van der Waals surface area contributed by atoms with E-state index < -0.39 is 0 Å². The van der Waals surface area contributed by atoms with Crippen molar-refractivity contribution >= 4 is 49.3 Å². The number of hydrogen-bond donors (Lipinski definition) is 0. The molecule has 0 unspecified atom stereocenters. The number of hydrogen-bond acceptors (Lipinski definition) is 0. The van der Waals surface area contributed by atoms with Crippen molar-refractivity contribution in [1.82, 2.24) is 9.13 Å². The normalized spacial score (nSPS) is 11.8. The summed E-state index contributed by atoms with van der Waals surface area (Å²) >= 11 is 0. The molecule has 38 heavy (non-hydrogen) atoms. The van der Waals surface area contributed by atoms with Crippen molar-refractivity contribution in [1.29, 1.82) is 0 Å². The highest BCUT2D eigenvalue weighted by Crippen LogP contribution is 2.33. The van der Waals surface area contributed by atoms with Gasteiger partial charge in [0.15, 0.2) is 0 Å². The van der Waals surface area contributed by atoms with Crippen molar-refractivity contribution in [2.75, 3.05) is 0 Å². The number of terminal acetylenes is 1. The molecule has 4 aromatic carbocycles. The highest BCUT2D eigenvalue weighted by atomic mass is 15.0. The van der Waals surface area contributed by atoms with Crippen LogP contribution in [0, 0.1) is 12.8 Å². The minimum absolute atomic E-state index is 0.803. The Labute approximate surface area is 226 Å². The van der Waals surface area contributed by atoms with Gasteiger partial charge in [0, 0.05) is 44.8 Å². The van der Waals surface area contributed by atoms with Crippen LogP contribution in [0.1, 0.15) is 34.1 Å². The number of benzene rings is 4. The maximum Gasteiger partial charge on any atom is 0.0540 e. The Balaban J connectivity index is 0.000000804. The summed E-state index contributed by atoms with van der Waals surface area (Å²) in [6.45, 7) is 9.25. The van der Waals surface area contributed by atoms with Crippen molar-refractivity contribution in [3.05, 3.63) is 115 Å². The van der Waals surface area contributed by atoms with Gasteiger partial charge in [0.05, 0.1) is 11.0 Å². The zero-order chi connectivity index (χ0) is 27.1. The topological polar surface area (TPSA) is 9.86 Å². The van der Waals surface area contributed by atoms with E-state index in [9.17, 15) is 0 Å². The van der Waals surface area contributed by atoms with E-state index in [2.05, 4.69) is 145 Å². The van der Waals surface area contributed by atoms with Gasteiger partial charge in [-0.15, -0.1) is 12.8 Å². The predicted molar refractivity (Wildman–Crippen MR) is 168 cm³/mol. The van der Waals surface area contributed by atoms with E-state index in [0.29, 0.717) is 0 Å². The van der Waals surface area contributed by atoms with Crippen LogP contribution in [-0.4, -0.2) is 9.13 Å². The smallest absolute Gasteiger partial charge is 0.0540 e. The minimum Gasteiger partial charge on any atom is -0.336 e. The van der Waals surface area contributed by atoms with E-state index in [-0.39, 0.29) is 0 Å². The van der Waals surface area contributed by atoms with Gasteiger partial charge in [-0.3, -0.25) is 0 Å². The van der Waals surface area contributed by atoms with Crippen LogP contribution in [0.25, 0.3) is 49.3 Å². The lowest BCUT2D eigenvalue weighted by Crippen LogP contribution is -2.00. The number of fused-ring (bicyclic) bond motifs is 6. The molecular formula is C36H36N2. The average Bonchev–Trinajstić information content (AvgIpc) is 3.50. The van der Waals surface area contributed by atoms with Crippen molar-refractivity contribution < 1.29 is 0 Å². The van der Waals surface area contributed by atoms with Gasteiger partial charge in [-0.1, -0.05) is 99.1 Å². The molecule has 0 aliphatic heterocycles. The van der Waals surface area contributed by atoms with Gasteiger partial charge in [0.2, 0.25) is 0 Å². The molecule has 2 aromatic heterocycles. The molecule has 0 amide bonds. The monoisotopic (exact) mass is 496 g/mol. The second-order valence-electron chi connectivity index (χ2n) is 8.99. The second-order valence-corrected chi connectivity index (χ2v) is 8.99. The maximum atomic E-state index is 4.00. The van der Waals surface area contributed by atoms with Crippen LogP contribution in [0.4, 0.5) is 0 Å². The van der Waals surface area contributed by atoms with Crippen LogP contribution >= 0.6 is 0 Å². The third-order valence-electron chi connectivity index (χ3n) is 6.95. The Morgan fingerprint density at radius 1 is 0.632 bits per heavy atom. The molecule has 0 spiro atoms. The summed E-state index contributed by atoms with van der Waals surface area (Å²) in [4.78, 5) is 0. The molecule has 0 bridgehead atoms. The molecule has 6 rings (SSSR count). The molecule has 0 N–H and O–H groups in total. The molecule has 0 aliphatic rings. The summed E-state index contributed by atoms with van der Waals surface area (Å²) in [5, 5.41) is 5.21. The number of para-hydroxylation sites is 4. The van der Waals surface area contributed by atoms with E-state index in [1.807, 2.05) is 13.8 Å². The van der Waals surface area contributed by atoms with Crippen molar-refractivity contribution in [2.24, 2.45) is 0 Å². The average molecular weight is 497 g/mol. The van der Waals surface area contributed by atoms with Gasteiger partial charge in [0.25, 0.3) is 0 Å². The molecule has 0 atom stereocenters. The van der Waals surface area contributed by atoms with Gasteiger partial charge in [-0.05, 0) is 49.8 Å². The number of rotatable bonds is 5. The van der Waals surface area contributed by atoms with Crippen LogP contribution in [0.15, 0.2) is 115 Å². The first-order chi connectivity index (χ1) is 18.8. The van der Waals surface area contributed by atoms with Gasteiger partial charge in [-0.2, -0.15) is 0 Å². The first-order valence-corrected chi connectivity index (χ1v) is 13.4. The zero-order valence-electron chi connectivity index (χ0n) is 22.9. The molecule has 6 aromatic rings. The van der Waals surface area contributed by atoms with E-state index in [1.165, 1.54) is 54.9 Å². The lowest BCUT2D eigenvalue weighted by atomic mass is 10.2. The fourth-order valence-corrected chi connectivity index (χ4v) is 5.15. The zero-order valence-corrected chi connectivity index (χ0v) is 22.9. The minimum atomic E-state index is 0.803. The van der Waals surface area contributed by atoms with Crippen LogP contribution in [0.5, 0.6) is 0 Å². The summed E-state index contributed by atoms with van der Waals surface area (Å²) in [5.74, 6) is 0. The third-order valence-corrected chi connectivity index (χ3v) is 6.95. The first kappa shape index (κ1) is 26.6. The Kier molecular flexibility index (Phi) is 8.51. The summed E-state index contributed by atoms with van der Waals surface area (Å²) in [6.07, 6.45) is 13.8. The Morgan fingerprint density at radius 2 is 1.00 bits per heavy atom. The highest BCUT2D eigenvalue weighted by Gasteiger charge is 2.13. The van der Waals surface area contributed by atoms with Crippen LogP contribution in [0.2, 0.25) is 0 Å². The molecule has 190 valence electrons. The quantitative estimate of drug-likeness (QED) is 0.166. The van der Waals surface area contributed by atoms with Crippen LogP contribution in [-0.2, 0) is 6.54 Å². The molecular weight excluding hydrogens is 460 g/mol. The molecule has 0 aliphatic carbocycles. The lowest BCUT2D eigenvalue weighted by Gasteiger charge is -2.12. The predicted octanol–water partition coefficient (Wildman–Crippen LogP) is 10.1. The molecule has 2 heteroatoms. The van der Waals surface area contributed by atoms with Crippen molar-refractivity contribution in [2.45, 2.75) is 40.7 Å². The molecule has 0 fully saturated rings. The standard InChI is InChI=1S/C32H28N2.C2H6.C2H2/c1-3-23(2)22-24(34-31-18-10-6-14-27(31)28-15-7-11-19-32(28)34)20-21-33-29-16-8-4-12-25(29)26-13-5-9-17-30(26)33;2*1-2/h4-20,22H,3,21H2,1-2H3;1-2H3;1-2H/b23-22+,24-20+;;. The van der Waals surface area contributed by atoms with Gasteiger partial charge in [-0.25, -0.2) is 0 Å². The molecule has 0 saturated heterocycles. The lowest BCUT2D eigenvalue weighted by molar-refractivity contribution is 0.895. The Morgan fingerprint density at radius 3 is 1.42 bits per heavy atom. The van der Waals surface area contributed by atoms with E-state index in [1.54, 1.807) is 0 Å². The van der Waals surface area contributed by atoms with Crippen LogP contribution in [0.3, 0.4) is 0 Å². The van der Waals surface area contributed by atoms with E-state index >= 15 is 0 Å². The Hall–Kier alpha value is -4.48. The number of aromatic nitrogens is 2. The highest BCUT2D eigenvalue weighted by molar-refractivity contribution is 6.10. The van der Waals surface area contributed by atoms with Gasteiger partial charge >= 0.3 is 0 Å². The molecule has 0 radical (unpaired) electrons. The Bertz CT molecular complexity index is 1660. The van der Waals surface area contributed by atoms with E-state index in [4.69, 9.17) is 0 Å². The van der Waals surface area contributed by atoms with Crippen LogP contribution < -0.4 is 0 Å². The summed E-state index contributed by atoms with van der Waals surface area (Å²) in [7, 11) is 0. The van der Waals surface area contributed by atoms with Gasteiger partial charge in [0.1, 0.15) is 0 Å². The largest absolute Gasteiger partial charge is 0.336 e. The number of nitrogens with zero attached hydrogens (tertiary/aromatic N) is 2. The maximum absolute atomic E-state index is 4.00. The van der Waals surface area contributed by atoms with Crippen molar-refractivity contribution in [3.8, 4) is 12.8 Å². The molecule has 0 saturated carbocycles. The first-order valence-electron chi connectivity index (χ1n) is 13.4. The summed E-state index contributed by atoms with van der Waals surface area (Å²) < 4.78 is 4.87. The SMILES string of the molecule is C#C.CC.CC/C(C)=C/C(=C\Cn1c2ccccc2c2ccccc21)n1c2ccccc2c2ccccc21. The fraction of sp³-hybridized carbons (Fsp3) is 0.167. The fourth-order valence-electron chi connectivity index (χ4n) is 5.15. The third kappa shape index (κ3) is 4.76.